The number of rotatable bonds is 2. The van der Waals surface area contributed by atoms with Crippen LogP contribution in [0, 0.1) is 5.92 Å². The molecule has 0 radical (unpaired) electrons. The summed E-state index contributed by atoms with van der Waals surface area (Å²) in [7, 11) is 0. The summed E-state index contributed by atoms with van der Waals surface area (Å²) in [5.74, 6) is 0.503. The molecule has 1 saturated heterocycles. The van der Waals surface area contributed by atoms with Crippen LogP contribution in [0.3, 0.4) is 0 Å². The van der Waals surface area contributed by atoms with E-state index in [1.165, 1.54) is 0 Å². The van der Waals surface area contributed by atoms with Crippen LogP contribution in [-0.4, -0.2) is 39.9 Å². The number of carbonyl (C=O) groups excluding carboxylic acids is 1. The first-order chi connectivity index (χ1) is 6.07. The first kappa shape index (κ1) is 11.0. The Kier molecular flexibility index (Phi) is 3.74. The molecule has 4 heteroatoms. The van der Waals surface area contributed by atoms with E-state index in [1.54, 1.807) is 4.90 Å². The number of carbonyl (C=O) groups is 1. The quantitative estimate of drug-likeness (QED) is 0.743. The van der Waals surface area contributed by atoms with Gasteiger partial charge in [0.15, 0.2) is 0 Å². The maximum Gasteiger partial charge on any atom is 0.236 e. The van der Waals surface area contributed by atoms with Gasteiger partial charge in [-0.3, -0.25) is 4.79 Å². The van der Waals surface area contributed by atoms with E-state index in [9.17, 15) is 4.79 Å². The molecule has 0 bridgehead atoms. The van der Waals surface area contributed by atoms with Crippen molar-refractivity contribution >= 4 is 21.8 Å². The van der Waals surface area contributed by atoms with Crippen LogP contribution in [0.25, 0.3) is 0 Å². The zero-order valence-corrected chi connectivity index (χ0v) is 9.62. The second-order valence-corrected chi connectivity index (χ2v) is 5.04. The summed E-state index contributed by atoms with van der Waals surface area (Å²) < 4.78 is 0. The zero-order valence-electron chi connectivity index (χ0n) is 8.03. The molecule has 1 N–H and O–H groups in total. The summed E-state index contributed by atoms with van der Waals surface area (Å²) in [4.78, 5) is 13.3. The van der Waals surface area contributed by atoms with Crippen LogP contribution >= 0.6 is 15.9 Å². The van der Waals surface area contributed by atoms with Crippen LogP contribution in [0.4, 0.5) is 0 Å². The van der Waals surface area contributed by atoms with Crippen LogP contribution < -0.4 is 0 Å². The Morgan fingerprint density at radius 1 is 1.77 bits per heavy atom. The number of halogens is 1. The van der Waals surface area contributed by atoms with Gasteiger partial charge in [0.25, 0.3) is 0 Å². The van der Waals surface area contributed by atoms with E-state index >= 15 is 0 Å². The Balaban J connectivity index is 2.65. The minimum Gasteiger partial charge on any atom is -0.394 e. The summed E-state index contributed by atoms with van der Waals surface area (Å²) in [6, 6.07) is 0.0208. The van der Waals surface area contributed by atoms with Gasteiger partial charge in [0, 0.05) is 6.54 Å². The lowest BCUT2D eigenvalue weighted by Crippen LogP contribution is -2.42. The maximum absolute atomic E-state index is 11.6. The van der Waals surface area contributed by atoms with Gasteiger partial charge in [-0.05, 0) is 19.3 Å². The summed E-state index contributed by atoms with van der Waals surface area (Å²) in [6.07, 6.45) is 0.997. The number of aliphatic hydroxyl groups is 1. The number of hydrogen-bond acceptors (Lipinski definition) is 2. The molecule has 3 nitrogen and oxygen atoms in total. The van der Waals surface area contributed by atoms with Gasteiger partial charge in [-0.25, -0.2) is 0 Å². The Morgan fingerprint density at radius 3 is 2.85 bits per heavy atom. The summed E-state index contributed by atoms with van der Waals surface area (Å²) >= 11 is 3.25. The molecule has 3 atom stereocenters. The van der Waals surface area contributed by atoms with E-state index in [4.69, 9.17) is 5.11 Å². The first-order valence-corrected chi connectivity index (χ1v) is 5.55. The van der Waals surface area contributed by atoms with E-state index in [0.29, 0.717) is 5.92 Å². The summed E-state index contributed by atoms with van der Waals surface area (Å²) in [5.41, 5.74) is 0. The van der Waals surface area contributed by atoms with Gasteiger partial charge in [-0.1, -0.05) is 22.9 Å². The van der Waals surface area contributed by atoms with Gasteiger partial charge in [0.2, 0.25) is 5.91 Å². The van der Waals surface area contributed by atoms with E-state index < -0.39 is 0 Å². The van der Waals surface area contributed by atoms with Crippen molar-refractivity contribution in [2.75, 3.05) is 13.2 Å². The molecule has 76 valence electrons. The van der Waals surface area contributed by atoms with Gasteiger partial charge in [-0.2, -0.15) is 0 Å². The van der Waals surface area contributed by atoms with E-state index in [-0.39, 0.29) is 23.4 Å². The van der Waals surface area contributed by atoms with Gasteiger partial charge in [0.05, 0.1) is 17.5 Å². The molecular weight excluding hydrogens is 234 g/mol. The van der Waals surface area contributed by atoms with Gasteiger partial charge >= 0.3 is 0 Å². The van der Waals surface area contributed by atoms with E-state index in [1.807, 2.05) is 6.92 Å². The number of hydrogen-bond donors (Lipinski definition) is 1. The van der Waals surface area contributed by atoms with Crippen molar-refractivity contribution in [1.82, 2.24) is 4.90 Å². The van der Waals surface area contributed by atoms with Crippen LogP contribution in [0.1, 0.15) is 20.3 Å². The molecule has 0 aliphatic carbocycles. The Hall–Kier alpha value is -0.0900. The molecular formula is C9H16BrNO2. The monoisotopic (exact) mass is 249 g/mol. The minimum atomic E-state index is -0.146. The normalized spacial score (nSPS) is 30.6. The molecule has 0 saturated carbocycles. The highest BCUT2D eigenvalue weighted by atomic mass is 79.9. The van der Waals surface area contributed by atoms with Crippen molar-refractivity contribution in [2.24, 2.45) is 5.92 Å². The third kappa shape index (κ3) is 2.23. The zero-order chi connectivity index (χ0) is 10.0. The molecule has 0 spiro atoms. The third-order valence-electron chi connectivity index (χ3n) is 2.69. The lowest BCUT2D eigenvalue weighted by Gasteiger charge is -2.26. The van der Waals surface area contributed by atoms with E-state index in [0.717, 1.165) is 13.0 Å². The van der Waals surface area contributed by atoms with Crippen LogP contribution in [0.2, 0.25) is 0 Å². The molecule has 1 heterocycles. The summed E-state index contributed by atoms with van der Waals surface area (Å²) in [6.45, 7) is 4.75. The maximum atomic E-state index is 11.6. The second-order valence-electron chi connectivity index (χ2n) is 3.66. The fourth-order valence-electron chi connectivity index (χ4n) is 1.79. The topological polar surface area (TPSA) is 40.5 Å². The molecule has 1 aliphatic heterocycles. The number of likely N-dealkylation sites (tertiary alicyclic amines) is 1. The standard InChI is InChI=1S/C9H16BrNO2/c1-6-3-4-11(8(6)5-12)9(13)7(2)10/h6-8,12H,3-5H2,1-2H3. The molecule has 3 unspecified atom stereocenters. The fraction of sp³-hybridized carbons (Fsp3) is 0.889. The average Bonchev–Trinajstić information content (AvgIpc) is 2.45. The van der Waals surface area contributed by atoms with E-state index in [2.05, 4.69) is 22.9 Å². The predicted octanol–water partition coefficient (Wildman–Crippen LogP) is 0.999. The highest BCUT2D eigenvalue weighted by Gasteiger charge is 2.34. The Bertz CT molecular complexity index is 196. The summed E-state index contributed by atoms with van der Waals surface area (Å²) in [5, 5.41) is 9.13. The number of nitrogens with zero attached hydrogens (tertiary/aromatic N) is 1. The highest BCUT2D eigenvalue weighted by molar-refractivity contribution is 9.10. The van der Waals surface area contributed by atoms with Crippen molar-refractivity contribution < 1.29 is 9.90 Å². The van der Waals surface area contributed by atoms with Crippen molar-refractivity contribution in [2.45, 2.75) is 31.1 Å². The van der Waals surface area contributed by atoms with Crippen LogP contribution in [0.15, 0.2) is 0 Å². The lowest BCUT2D eigenvalue weighted by molar-refractivity contribution is -0.132. The Labute approximate surface area is 87.2 Å². The van der Waals surface area contributed by atoms with Crippen molar-refractivity contribution in [3.63, 3.8) is 0 Å². The van der Waals surface area contributed by atoms with Crippen molar-refractivity contribution in [3.8, 4) is 0 Å². The SMILES string of the molecule is CC(Br)C(=O)N1CCC(C)C1CO. The average molecular weight is 250 g/mol. The highest BCUT2D eigenvalue weighted by Crippen LogP contribution is 2.24. The molecule has 1 fully saturated rings. The molecule has 0 aromatic carbocycles. The Morgan fingerprint density at radius 2 is 2.38 bits per heavy atom. The van der Waals surface area contributed by atoms with Gasteiger partial charge in [-0.15, -0.1) is 0 Å². The molecule has 0 aromatic rings. The van der Waals surface area contributed by atoms with Crippen molar-refractivity contribution in [3.05, 3.63) is 0 Å². The second kappa shape index (κ2) is 4.42. The molecule has 1 aliphatic rings. The number of aliphatic hydroxyl groups excluding tert-OH is 1. The number of amides is 1. The first-order valence-electron chi connectivity index (χ1n) is 4.63. The smallest absolute Gasteiger partial charge is 0.236 e. The van der Waals surface area contributed by atoms with Crippen LogP contribution in [0.5, 0.6) is 0 Å². The third-order valence-corrected chi connectivity index (χ3v) is 3.08. The molecule has 1 rings (SSSR count). The fourth-order valence-corrected chi connectivity index (χ4v) is 2.05. The van der Waals surface area contributed by atoms with Gasteiger partial charge < -0.3 is 10.0 Å². The minimum absolute atomic E-state index is 0.0208. The molecule has 1 amide bonds. The van der Waals surface area contributed by atoms with Crippen molar-refractivity contribution in [1.29, 1.82) is 0 Å². The van der Waals surface area contributed by atoms with Crippen LogP contribution in [-0.2, 0) is 4.79 Å². The number of alkyl halides is 1. The molecule has 0 aromatic heterocycles. The predicted molar refractivity (Wildman–Crippen MR) is 54.8 cm³/mol. The largest absolute Gasteiger partial charge is 0.394 e. The molecule has 13 heavy (non-hydrogen) atoms. The lowest BCUT2D eigenvalue weighted by atomic mass is 10.0. The van der Waals surface area contributed by atoms with Gasteiger partial charge in [0.1, 0.15) is 0 Å².